The number of hydrogen-bond donors (Lipinski definition) is 1. The molecule has 7 nitrogen and oxygen atoms in total. The number of anilines is 2. The van der Waals surface area contributed by atoms with Gasteiger partial charge in [0, 0.05) is 44.6 Å². The summed E-state index contributed by atoms with van der Waals surface area (Å²) in [6, 6.07) is 7.49. The third-order valence-electron chi connectivity index (χ3n) is 7.31. The first-order valence-electron chi connectivity index (χ1n) is 13.0. The number of amides is 1. The molecule has 0 atom stereocenters. The number of nitrogens with one attached hydrogen (secondary N) is 1. The van der Waals surface area contributed by atoms with Crippen LogP contribution in [0.25, 0.3) is 0 Å². The van der Waals surface area contributed by atoms with Crippen molar-refractivity contribution < 1.29 is 35.9 Å². The maximum Gasteiger partial charge on any atom is 0.417 e. The van der Waals surface area contributed by atoms with Crippen molar-refractivity contribution in [2.45, 2.75) is 44.1 Å². The number of hydrogen-bond acceptors (Lipinski definition) is 6. The summed E-state index contributed by atoms with van der Waals surface area (Å²) < 4.78 is 83.6. The lowest BCUT2D eigenvalue weighted by atomic mass is 9.87. The lowest BCUT2D eigenvalue weighted by Gasteiger charge is -2.36. The van der Waals surface area contributed by atoms with Crippen molar-refractivity contribution in [3.05, 3.63) is 53.2 Å². The van der Waals surface area contributed by atoms with E-state index < -0.39 is 29.0 Å². The Hall–Kier alpha value is -3.53. The van der Waals surface area contributed by atoms with Crippen LogP contribution in [0, 0.1) is 17.2 Å². The number of aromatic nitrogens is 1. The third kappa shape index (κ3) is 7.56. The van der Waals surface area contributed by atoms with E-state index in [0.717, 1.165) is 44.0 Å². The number of halogens is 6. The maximum absolute atomic E-state index is 13.2. The van der Waals surface area contributed by atoms with Gasteiger partial charge in [-0.15, -0.1) is 0 Å². The Kier molecular flexibility index (Phi) is 9.08. The first-order valence-corrected chi connectivity index (χ1v) is 13.0. The number of pyridine rings is 1. The van der Waals surface area contributed by atoms with Crippen molar-refractivity contribution in [3.8, 4) is 6.07 Å². The van der Waals surface area contributed by atoms with Gasteiger partial charge in [-0.25, -0.2) is 4.98 Å². The second kappa shape index (κ2) is 12.3. The van der Waals surface area contributed by atoms with Crippen molar-refractivity contribution in [3.63, 3.8) is 0 Å². The van der Waals surface area contributed by atoms with E-state index in [-0.39, 0.29) is 24.5 Å². The third-order valence-corrected chi connectivity index (χ3v) is 7.31. The minimum Gasteiger partial charge on any atom is -0.385 e. The number of carbonyl (C=O) groups excluding carboxylic acids is 1. The van der Waals surface area contributed by atoms with E-state index in [1.54, 1.807) is 11.0 Å². The maximum atomic E-state index is 13.2. The fourth-order valence-electron chi connectivity index (χ4n) is 4.96. The van der Waals surface area contributed by atoms with E-state index >= 15 is 0 Å². The lowest BCUT2D eigenvalue weighted by Crippen LogP contribution is -2.50. The fraction of sp³-hybridized carbons (Fsp3) is 0.519. The van der Waals surface area contributed by atoms with Gasteiger partial charge in [0.15, 0.2) is 0 Å². The Morgan fingerprint density at radius 1 is 1.00 bits per heavy atom. The molecule has 0 radical (unpaired) electrons. The number of ether oxygens (including phenoxy) is 1. The summed E-state index contributed by atoms with van der Waals surface area (Å²) in [6.45, 7) is 2.16. The molecule has 40 heavy (non-hydrogen) atoms. The van der Waals surface area contributed by atoms with Gasteiger partial charge in [0.2, 0.25) is 5.91 Å². The lowest BCUT2D eigenvalue weighted by molar-refractivity contribution is -0.139. The van der Waals surface area contributed by atoms with Crippen LogP contribution in [0.1, 0.15) is 42.4 Å². The molecule has 1 aromatic heterocycles. The Balaban J connectivity index is 1.15. The monoisotopic (exact) mass is 569 g/mol. The van der Waals surface area contributed by atoms with Crippen LogP contribution < -0.4 is 10.2 Å². The van der Waals surface area contributed by atoms with E-state index in [1.807, 2.05) is 4.90 Å². The summed E-state index contributed by atoms with van der Waals surface area (Å²) in [7, 11) is 0. The number of rotatable bonds is 7. The van der Waals surface area contributed by atoms with Gasteiger partial charge in [0.05, 0.1) is 28.9 Å². The molecule has 2 aliphatic rings. The van der Waals surface area contributed by atoms with E-state index in [0.29, 0.717) is 44.2 Å². The highest BCUT2D eigenvalue weighted by Crippen LogP contribution is 2.34. The van der Waals surface area contributed by atoms with Crippen molar-refractivity contribution in [2.24, 2.45) is 5.92 Å². The highest BCUT2D eigenvalue weighted by molar-refractivity contribution is 5.77. The number of nitriles is 1. The second-order valence-corrected chi connectivity index (χ2v) is 9.98. The molecule has 13 heteroatoms. The van der Waals surface area contributed by atoms with Crippen LogP contribution in [-0.4, -0.2) is 61.2 Å². The van der Waals surface area contributed by atoms with Gasteiger partial charge in [-0.05, 0) is 61.9 Å². The molecule has 216 valence electrons. The van der Waals surface area contributed by atoms with Crippen LogP contribution in [-0.2, 0) is 21.9 Å². The van der Waals surface area contributed by atoms with Gasteiger partial charge in [0.25, 0.3) is 0 Å². The number of nitrogens with zero attached hydrogens (tertiary/aromatic N) is 4. The Bertz CT molecular complexity index is 1200. The number of benzene rings is 1. The summed E-state index contributed by atoms with van der Waals surface area (Å²) in [6.07, 6.45) is -5.26. The molecule has 1 aliphatic carbocycles. The fourth-order valence-corrected chi connectivity index (χ4v) is 4.96. The summed E-state index contributed by atoms with van der Waals surface area (Å²) in [4.78, 5) is 20.1. The van der Waals surface area contributed by atoms with E-state index in [1.165, 1.54) is 18.2 Å². The summed E-state index contributed by atoms with van der Waals surface area (Å²) in [5.74, 6) is 0.528. The smallest absolute Gasteiger partial charge is 0.385 e. The number of alkyl halides is 6. The van der Waals surface area contributed by atoms with E-state index in [9.17, 15) is 31.1 Å². The highest BCUT2D eigenvalue weighted by atomic mass is 19.4. The van der Waals surface area contributed by atoms with Gasteiger partial charge < -0.3 is 19.9 Å². The number of piperazine rings is 1. The van der Waals surface area contributed by atoms with Gasteiger partial charge in [0.1, 0.15) is 12.4 Å². The van der Waals surface area contributed by atoms with Crippen LogP contribution in [0.3, 0.4) is 0 Å². The molecule has 1 aliphatic heterocycles. The minimum atomic E-state index is -4.60. The van der Waals surface area contributed by atoms with Crippen molar-refractivity contribution >= 4 is 17.4 Å². The molecular weight excluding hydrogens is 540 g/mol. The second-order valence-electron chi connectivity index (χ2n) is 9.98. The largest absolute Gasteiger partial charge is 0.417 e. The van der Waals surface area contributed by atoms with E-state index in [4.69, 9.17) is 10.00 Å². The van der Waals surface area contributed by atoms with E-state index in [2.05, 4.69) is 10.3 Å². The quantitative estimate of drug-likeness (QED) is 0.455. The van der Waals surface area contributed by atoms with Crippen molar-refractivity contribution in [1.29, 1.82) is 5.26 Å². The normalized spacial score (nSPS) is 20.2. The average Bonchev–Trinajstić information content (AvgIpc) is 2.94. The topological polar surface area (TPSA) is 81.5 Å². The summed E-state index contributed by atoms with van der Waals surface area (Å²) in [5.41, 5.74) is -1.87. The molecule has 1 aromatic carbocycles. The zero-order chi connectivity index (χ0) is 28.9. The number of carbonyl (C=O) groups is 1. The standard InChI is InChI=1S/C27H29F6N5O2/c28-26(29,30)20-4-8-24(36-16-20)37-9-11-38(12-10-37)25(39)17-40-22-6-1-18(2-7-22)15-35-21-5-3-19(14-34)23(13-21)27(31,32)33/h3-5,8,13,16,18,22,35H,1-2,6-7,9-12,15,17H2. The SMILES string of the molecule is N#Cc1ccc(NCC2CCC(OCC(=O)N3CCN(c4ccc(C(F)(F)F)cn4)CC3)CC2)cc1C(F)(F)F. The Morgan fingerprint density at radius 3 is 2.27 bits per heavy atom. The first kappa shape index (κ1) is 29.5. The van der Waals surface area contributed by atoms with Gasteiger partial charge in [-0.1, -0.05) is 0 Å². The van der Waals surface area contributed by atoms with Crippen LogP contribution >= 0.6 is 0 Å². The molecule has 4 rings (SSSR count). The van der Waals surface area contributed by atoms with Crippen LogP contribution in [0.2, 0.25) is 0 Å². The molecule has 2 heterocycles. The molecular formula is C27H29F6N5O2. The predicted octanol–water partition coefficient (Wildman–Crippen LogP) is 5.33. The molecule has 2 aromatic rings. The van der Waals surface area contributed by atoms with Crippen LogP contribution in [0.15, 0.2) is 36.5 Å². The molecule has 0 spiro atoms. The molecule has 1 N–H and O–H groups in total. The molecule has 1 saturated carbocycles. The highest BCUT2D eigenvalue weighted by Gasteiger charge is 2.34. The van der Waals surface area contributed by atoms with Crippen LogP contribution in [0.5, 0.6) is 0 Å². The van der Waals surface area contributed by atoms with Crippen LogP contribution in [0.4, 0.5) is 37.8 Å². The van der Waals surface area contributed by atoms with Gasteiger partial charge in [-0.3, -0.25) is 4.79 Å². The summed E-state index contributed by atoms with van der Waals surface area (Å²) in [5, 5.41) is 12.0. The molecule has 1 saturated heterocycles. The minimum absolute atomic E-state index is 0.0580. The first-order chi connectivity index (χ1) is 18.9. The van der Waals surface area contributed by atoms with Gasteiger partial charge >= 0.3 is 12.4 Å². The Labute approximate surface area is 227 Å². The molecule has 0 bridgehead atoms. The molecule has 1 amide bonds. The van der Waals surface area contributed by atoms with Crippen molar-refractivity contribution in [2.75, 3.05) is 49.5 Å². The molecule has 0 unspecified atom stereocenters. The predicted molar refractivity (Wildman–Crippen MR) is 134 cm³/mol. The zero-order valence-electron chi connectivity index (χ0n) is 21.6. The Morgan fingerprint density at radius 2 is 1.70 bits per heavy atom. The molecule has 2 fully saturated rings. The van der Waals surface area contributed by atoms with Crippen molar-refractivity contribution in [1.82, 2.24) is 9.88 Å². The average molecular weight is 570 g/mol. The van der Waals surface area contributed by atoms with Gasteiger partial charge in [-0.2, -0.15) is 31.6 Å². The zero-order valence-corrected chi connectivity index (χ0v) is 21.6. The summed E-state index contributed by atoms with van der Waals surface area (Å²) >= 11 is 0.